The van der Waals surface area contributed by atoms with Gasteiger partial charge in [-0.1, -0.05) is 103 Å². The molecule has 0 aromatic heterocycles. The summed E-state index contributed by atoms with van der Waals surface area (Å²) in [5.41, 5.74) is 1.19. The molecule has 1 aromatic rings. The molecule has 0 aliphatic rings. The first-order valence-electron chi connectivity index (χ1n) is 10.5. The molecule has 0 saturated carbocycles. The van der Waals surface area contributed by atoms with Crippen LogP contribution in [0.5, 0.6) is 5.75 Å². The summed E-state index contributed by atoms with van der Waals surface area (Å²) >= 11 is 0. The van der Waals surface area contributed by atoms with Crippen LogP contribution >= 0.6 is 0 Å². The molecule has 0 fully saturated rings. The first-order valence-corrected chi connectivity index (χ1v) is 10.5. The average Bonchev–Trinajstić information content (AvgIpc) is 2.60. The summed E-state index contributed by atoms with van der Waals surface area (Å²) in [4.78, 5) is 0. The topological polar surface area (TPSA) is 20.2 Å². The molecule has 0 aliphatic heterocycles. The van der Waals surface area contributed by atoms with E-state index in [-0.39, 0.29) is 0 Å². The summed E-state index contributed by atoms with van der Waals surface area (Å²) in [5.74, 6) is 1.73. The van der Waals surface area contributed by atoms with Crippen LogP contribution in [0.3, 0.4) is 0 Å². The summed E-state index contributed by atoms with van der Waals surface area (Å²) < 4.78 is 0. The third kappa shape index (κ3) is 7.73. The van der Waals surface area contributed by atoms with E-state index in [9.17, 15) is 5.11 Å². The Hall–Kier alpha value is -0.980. The third-order valence-electron chi connectivity index (χ3n) is 5.48. The van der Waals surface area contributed by atoms with Crippen molar-refractivity contribution in [1.29, 1.82) is 0 Å². The number of aromatic hydroxyl groups is 1. The number of hydrogen-bond donors (Lipinski definition) is 1. The maximum absolute atomic E-state index is 10.4. The maximum Gasteiger partial charge on any atom is 0.119 e. The Morgan fingerprint density at radius 3 is 2.00 bits per heavy atom. The van der Waals surface area contributed by atoms with E-state index in [1.165, 1.54) is 82.6 Å². The minimum atomic E-state index is 0.500. The summed E-state index contributed by atoms with van der Waals surface area (Å²) in [6.07, 6.45) is 15.8. The highest BCUT2D eigenvalue weighted by molar-refractivity contribution is 5.35. The van der Waals surface area contributed by atoms with Gasteiger partial charge in [-0.15, -0.1) is 0 Å². The van der Waals surface area contributed by atoms with Crippen molar-refractivity contribution in [3.05, 3.63) is 29.8 Å². The Morgan fingerprint density at radius 1 is 0.750 bits per heavy atom. The van der Waals surface area contributed by atoms with Crippen LogP contribution in [0.4, 0.5) is 0 Å². The van der Waals surface area contributed by atoms with E-state index in [0.717, 1.165) is 0 Å². The van der Waals surface area contributed by atoms with Gasteiger partial charge in [0.15, 0.2) is 0 Å². The van der Waals surface area contributed by atoms with Crippen molar-refractivity contribution >= 4 is 0 Å². The summed E-state index contributed by atoms with van der Waals surface area (Å²) in [5, 5.41) is 10.4. The van der Waals surface area contributed by atoms with E-state index in [0.29, 0.717) is 17.6 Å². The van der Waals surface area contributed by atoms with E-state index in [1.807, 2.05) is 12.1 Å². The van der Waals surface area contributed by atoms with Gasteiger partial charge in [0, 0.05) is 0 Å². The van der Waals surface area contributed by atoms with Crippen molar-refractivity contribution in [3.8, 4) is 5.75 Å². The van der Waals surface area contributed by atoms with Gasteiger partial charge in [-0.3, -0.25) is 0 Å². The van der Waals surface area contributed by atoms with Crippen LogP contribution in [0.25, 0.3) is 0 Å². The van der Waals surface area contributed by atoms with Crippen LogP contribution in [0.2, 0.25) is 0 Å². The molecule has 0 spiro atoms. The second kappa shape index (κ2) is 13.3. The molecule has 0 radical (unpaired) electrons. The molecule has 1 nitrogen and oxygen atoms in total. The lowest BCUT2D eigenvalue weighted by Crippen LogP contribution is -2.13. The Bertz CT molecular complexity index is 412. The minimum Gasteiger partial charge on any atom is -0.508 e. The number of hydrogen-bond acceptors (Lipinski definition) is 1. The lowest BCUT2D eigenvalue weighted by molar-refractivity contribution is 0.336. The van der Waals surface area contributed by atoms with Crippen LogP contribution in [0.15, 0.2) is 24.3 Å². The number of phenols is 1. The Morgan fingerprint density at radius 2 is 1.38 bits per heavy atom. The lowest BCUT2D eigenvalue weighted by Gasteiger charge is -2.27. The van der Waals surface area contributed by atoms with Crippen molar-refractivity contribution in [2.24, 2.45) is 5.92 Å². The van der Waals surface area contributed by atoms with Crippen molar-refractivity contribution in [3.63, 3.8) is 0 Å². The normalized spacial score (nSPS) is 13.8. The zero-order valence-corrected chi connectivity index (χ0v) is 16.4. The van der Waals surface area contributed by atoms with Gasteiger partial charge in [0.05, 0.1) is 0 Å². The lowest BCUT2D eigenvalue weighted by atomic mass is 9.78. The molecule has 0 saturated heterocycles. The molecule has 0 bridgehead atoms. The van der Waals surface area contributed by atoms with Crippen molar-refractivity contribution in [2.45, 2.75) is 104 Å². The van der Waals surface area contributed by atoms with Gasteiger partial charge < -0.3 is 5.11 Å². The van der Waals surface area contributed by atoms with Crippen molar-refractivity contribution < 1.29 is 5.11 Å². The van der Waals surface area contributed by atoms with Gasteiger partial charge in [0.25, 0.3) is 0 Å². The highest BCUT2D eigenvalue weighted by atomic mass is 16.3. The van der Waals surface area contributed by atoms with Crippen molar-refractivity contribution in [2.75, 3.05) is 0 Å². The predicted octanol–water partition coefficient (Wildman–Crippen LogP) is 7.83. The SMILES string of the molecule is CCCCCCCCCC(c1ccccc1O)C(CC)CCCC. The molecule has 0 amide bonds. The average molecular weight is 333 g/mol. The van der Waals surface area contributed by atoms with Crippen LogP contribution in [0, 0.1) is 5.92 Å². The minimum absolute atomic E-state index is 0.500. The second-order valence-electron chi connectivity index (χ2n) is 7.39. The zero-order valence-electron chi connectivity index (χ0n) is 16.4. The highest BCUT2D eigenvalue weighted by Gasteiger charge is 2.23. The van der Waals surface area contributed by atoms with E-state index in [4.69, 9.17) is 0 Å². The monoisotopic (exact) mass is 332 g/mol. The zero-order chi connectivity index (χ0) is 17.6. The molecule has 0 aliphatic carbocycles. The smallest absolute Gasteiger partial charge is 0.119 e. The van der Waals surface area contributed by atoms with Gasteiger partial charge in [-0.2, -0.15) is 0 Å². The fourth-order valence-electron chi connectivity index (χ4n) is 3.92. The fourth-order valence-corrected chi connectivity index (χ4v) is 3.92. The number of unbranched alkanes of at least 4 members (excludes halogenated alkanes) is 7. The maximum atomic E-state index is 10.4. The van der Waals surface area contributed by atoms with E-state index >= 15 is 0 Å². The summed E-state index contributed by atoms with van der Waals surface area (Å²) in [6, 6.07) is 8.03. The van der Waals surface area contributed by atoms with E-state index in [2.05, 4.69) is 32.9 Å². The number of para-hydroxylation sites is 1. The molecule has 1 rings (SSSR count). The molecule has 1 aromatic carbocycles. The number of benzene rings is 1. The molecular weight excluding hydrogens is 292 g/mol. The molecule has 24 heavy (non-hydrogen) atoms. The molecule has 2 unspecified atom stereocenters. The quantitative estimate of drug-likeness (QED) is 0.344. The number of phenolic OH excluding ortho intramolecular Hbond substituents is 1. The fraction of sp³-hybridized carbons (Fsp3) is 0.739. The Balaban J connectivity index is 2.59. The van der Waals surface area contributed by atoms with Crippen LogP contribution in [-0.4, -0.2) is 5.11 Å². The highest BCUT2D eigenvalue weighted by Crippen LogP contribution is 2.39. The van der Waals surface area contributed by atoms with Crippen LogP contribution < -0.4 is 0 Å². The van der Waals surface area contributed by atoms with Gasteiger partial charge in [0.2, 0.25) is 0 Å². The van der Waals surface area contributed by atoms with Gasteiger partial charge in [-0.25, -0.2) is 0 Å². The largest absolute Gasteiger partial charge is 0.508 e. The van der Waals surface area contributed by atoms with Crippen molar-refractivity contribution in [1.82, 2.24) is 0 Å². The first-order chi connectivity index (χ1) is 11.7. The summed E-state index contributed by atoms with van der Waals surface area (Å²) in [6.45, 7) is 6.87. The molecular formula is C23H40O. The van der Waals surface area contributed by atoms with Gasteiger partial charge >= 0.3 is 0 Å². The van der Waals surface area contributed by atoms with Crippen LogP contribution in [0.1, 0.15) is 109 Å². The first kappa shape index (κ1) is 21.1. The van der Waals surface area contributed by atoms with Gasteiger partial charge in [0.1, 0.15) is 5.75 Å². The van der Waals surface area contributed by atoms with Gasteiger partial charge in [-0.05, 0) is 36.3 Å². The molecule has 1 heteroatoms. The summed E-state index contributed by atoms with van der Waals surface area (Å²) in [7, 11) is 0. The standard InChI is InChI=1S/C23H40O/c1-4-7-9-10-11-12-13-17-21(20(6-3)16-8-5-2)22-18-14-15-19-23(22)24/h14-15,18-21,24H,4-13,16-17H2,1-3H3. The third-order valence-corrected chi connectivity index (χ3v) is 5.48. The molecule has 2 atom stereocenters. The molecule has 0 heterocycles. The second-order valence-corrected chi connectivity index (χ2v) is 7.39. The van der Waals surface area contributed by atoms with E-state index in [1.54, 1.807) is 0 Å². The predicted molar refractivity (Wildman–Crippen MR) is 107 cm³/mol. The molecule has 1 N–H and O–H groups in total. The van der Waals surface area contributed by atoms with E-state index < -0.39 is 0 Å². The Labute approximate surface area is 150 Å². The van der Waals surface area contributed by atoms with Crippen LogP contribution in [-0.2, 0) is 0 Å². The Kier molecular flexibility index (Phi) is 11.7. The number of rotatable bonds is 14. The molecule has 138 valence electrons.